The van der Waals surface area contributed by atoms with E-state index in [-0.39, 0.29) is 18.1 Å². The number of amides is 2. The van der Waals surface area contributed by atoms with Crippen LogP contribution in [0.2, 0.25) is 0 Å². The van der Waals surface area contributed by atoms with Crippen LogP contribution in [0.15, 0.2) is 29.0 Å². The van der Waals surface area contributed by atoms with Gasteiger partial charge in [-0.25, -0.2) is 4.98 Å². The number of rotatable bonds is 17. The second-order valence-corrected chi connectivity index (χ2v) is 12.7. The highest BCUT2D eigenvalue weighted by Gasteiger charge is 2.30. The number of hydrogen-bond donors (Lipinski definition) is 6. The summed E-state index contributed by atoms with van der Waals surface area (Å²) in [7, 11) is 0. The molecule has 4 rings (SSSR count). The maximum Gasteiger partial charge on any atom is 0.249 e. The number of hydrogen-bond acceptors (Lipinski definition) is 10. The van der Waals surface area contributed by atoms with Crippen molar-refractivity contribution in [2.75, 3.05) is 12.3 Å². The summed E-state index contributed by atoms with van der Waals surface area (Å²) in [6.45, 7) is 4.84. The van der Waals surface area contributed by atoms with Gasteiger partial charge < -0.3 is 42.0 Å². The zero-order valence-electron chi connectivity index (χ0n) is 27.2. The number of nitrogens with zero attached hydrogens (tertiary/aromatic N) is 4. The molecule has 0 saturated heterocycles. The number of unbranched alkanes of at least 4 members (excludes halogenated alkanes) is 1. The molecule has 1 saturated carbocycles. The minimum absolute atomic E-state index is 0.143. The minimum Gasteiger partial charge on any atom is -0.508 e. The van der Waals surface area contributed by atoms with Crippen molar-refractivity contribution in [1.82, 2.24) is 30.3 Å². The van der Waals surface area contributed by atoms with Crippen molar-refractivity contribution >= 4 is 17.8 Å². The minimum atomic E-state index is -0.938. The van der Waals surface area contributed by atoms with E-state index in [4.69, 9.17) is 26.7 Å². The van der Waals surface area contributed by atoms with Crippen LogP contribution in [0, 0.1) is 19.8 Å². The fourth-order valence-electron chi connectivity index (χ4n) is 6.29. The molecule has 13 heteroatoms. The standard InChI is InChI=1S/C33H51N9O4/c1-21-17-24(43)18-22(2)25(21)20-28(39-30(44)26(35)11-8-15-42-16-14-37-33(42)36)31(45)38-27(12-6-7-13-34)32-40-29(41-46-32)19-23-9-4-3-5-10-23/h14,16-18,23,26-28,43H,3-13,15,19-20,34-35H2,1-2H3,(H2,36,37)(H,38,45)(H,39,44)/t26-,27+,28+/m1/s1. The Balaban J connectivity index is 1.49. The number of benzene rings is 1. The lowest BCUT2D eigenvalue weighted by Gasteiger charge is -2.24. The largest absolute Gasteiger partial charge is 0.508 e. The molecule has 2 amide bonds. The molecule has 1 aromatic carbocycles. The summed E-state index contributed by atoms with van der Waals surface area (Å²) in [4.78, 5) is 36.0. The number of aromatic nitrogens is 4. The average molecular weight is 638 g/mol. The Morgan fingerprint density at radius 1 is 1.07 bits per heavy atom. The predicted octanol–water partition coefficient (Wildman–Crippen LogP) is 3.12. The Labute approximate surface area is 271 Å². The van der Waals surface area contributed by atoms with Gasteiger partial charge in [-0.05, 0) is 87.2 Å². The summed E-state index contributed by atoms with van der Waals surface area (Å²) in [5.74, 6) is 1.28. The van der Waals surface area contributed by atoms with Crippen LogP contribution < -0.4 is 27.8 Å². The first kappa shape index (κ1) is 34.9. The molecule has 252 valence electrons. The molecule has 1 aliphatic carbocycles. The van der Waals surface area contributed by atoms with Crippen LogP contribution >= 0.6 is 0 Å². The first-order valence-corrected chi connectivity index (χ1v) is 16.6. The number of carbonyl (C=O) groups excluding carboxylic acids is 2. The van der Waals surface area contributed by atoms with Gasteiger partial charge in [-0.2, -0.15) is 4.98 Å². The molecule has 1 aliphatic rings. The molecule has 1 fully saturated rings. The second-order valence-electron chi connectivity index (χ2n) is 12.7. The van der Waals surface area contributed by atoms with E-state index < -0.39 is 24.0 Å². The molecular weight excluding hydrogens is 586 g/mol. The molecule has 13 nitrogen and oxygen atoms in total. The third kappa shape index (κ3) is 10.0. The Morgan fingerprint density at radius 3 is 2.48 bits per heavy atom. The molecule has 2 aromatic heterocycles. The third-order valence-corrected chi connectivity index (χ3v) is 8.96. The molecule has 0 spiro atoms. The molecule has 0 radical (unpaired) electrons. The summed E-state index contributed by atoms with van der Waals surface area (Å²) >= 11 is 0. The van der Waals surface area contributed by atoms with Gasteiger partial charge in [0.25, 0.3) is 0 Å². The maximum atomic E-state index is 14.0. The Bertz CT molecular complexity index is 1390. The summed E-state index contributed by atoms with van der Waals surface area (Å²) in [6, 6.07) is 0.984. The number of phenols is 1. The molecule has 3 atom stereocenters. The van der Waals surface area contributed by atoms with Gasteiger partial charge in [-0.15, -0.1) is 0 Å². The van der Waals surface area contributed by atoms with E-state index in [2.05, 4.69) is 20.8 Å². The quantitative estimate of drug-likeness (QED) is 0.119. The van der Waals surface area contributed by atoms with Gasteiger partial charge in [0.2, 0.25) is 17.7 Å². The highest BCUT2D eigenvalue weighted by Crippen LogP contribution is 2.27. The first-order valence-electron chi connectivity index (χ1n) is 16.6. The molecule has 2 heterocycles. The normalized spacial score (nSPS) is 15.7. The molecular formula is C33H51N9O4. The highest BCUT2D eigenvalue weighted by molar-refractivity contribution is 5.90. The number of nitrogen functional groups attached to an aromatic ring is 1. The van der Waals surface area contributed by atoms with Gasteiger partial charge in [0.1, 0.15) is 17.8 Å². The van der Waals surface area contributed by atoms with E-state index >= 15 is 0 Å². The van der Waals surface area contributed by atoms with E-state index in [9.17, 15) is 14.7 Å². The lowest BCUT2D eigenvalue weighted by Crippen LogP contribution is -2.53. The zero-order chi connectivity index (χ0) is 33.1. The van der Waals surface area contributed by atoms with Crippen LogP contribution in [-0.2, 0) is 29.0 Å². The predicted molar refractivity (Wildman–Crippen MR) is 175 cm³/mol. The molecule has 46 heavy (non-hydrogen) atoms. The monoisotopic (exact) mass is 637 g/mol. The number of nitrogens with one attached hydrogen (secondary N) is 2. The SMILES string of the molecule is Cc1cc(O)cc(C)c1C[C@H](NC(=O)[C@H](N)CCCn1ccnc1N)C(=O)N[C@@H](CCCCN)c1nc(CC2CCCCC2)no1. The van der Waals surface area contributed by atoms with Gasteiger partial charge in [-0.1, -0.05) is 37.3 Å². The number of phenolic OH excluding ortho intramolecular Hbond substituents is 1. The number of aromatic hydroxyl groups is 1. The zero-order valence-corrected chi connectivity index (χ0v) is 27.2. The van der Waals surface area contributed by atoms with Crippen LogP contribution in [0.25, 0.3) is 0 Å². The molecule has 0 bridgehead atoms. The van der Waals surface area contributed by atoms with Gasteiger partial charge in [0.15, 0.2) is 11.8 Å². The highest BCUT2D eigenvalue weighted by atomic mass is 16.5. The third-order valence-electron chi connectivity index (χ3n) is 8.96. The second kappa shape index (κ2) is 17.1. The number of aryl methyl sites for hydroxylation is 3. The van der Waals surface area contributed by atoms with Crippen molar-refractivity contribution in [2.24, 2.45) is 17.4 Å². The van der Waals surface area contributed by atoms with Crippen molar-refractivity contribution in [1.29, 1.82) is 0 Å². The smallest absolute Gasteiger partial charge is 0.249 e. The summed E-state index contributed by atoms with van der Waals surface area (Å²) in [5, 5.41) is 20.3. The van der Waals surface area contributed by atoms with Crippen LogP contribution in [0.4, 0.5) is 5.95 Å². The van der Waals surface area contributed by atoms with Crippen molar-refractivity contribution in [3.63, 3.8) is 0 Å². The summed E-state index contributed by atoms with van der Waals surface area (Å²) in [5.41, 5.74) is 20.4. The fourth-order valence-corrected chi connectivity index (χ4v) is 6.29. The Hall–Kier alpha value is -3.97. The molecule has 0 aliphatic heterocycles. The van der Waals surface area contributed by atoms with Gasteiger partial charge in [0.05, 0.1) is 6.04 Å². The number of nitrogens with two attached hydrogens (primary N) is 3. The van der Waals surface area contributed by atoms with Crippen LogP contribution in [0.5, 0.6) is 5.75 Å². The number of imidazole rings is 1. The lowest BCUT2D eigenvalue weighted by atomic mass is 9.87. The Kier molecular flexibility index (Phi) is 13.0. The first-order chi connectivity index (χ1) is 22.1. The lowest BCUT2D eigenvalue weighted by molar-refractivity contribution is -0.130. The van der Waals surface area contributed by atoms with E-state index in [1.165, 1.54) is 19.3 Å². The summed E-state index contributed by atoms with van der Waals surface area (Å²) < 4.78 is 7.49. The van der Waals surface area contributed by atoms with E-state index in [0.29, 0.717) is 55.9 Å². The van der Waals surface area contributed by atoms with Crippen LogP contribution in [-0.4, -0.2) is 55.2 Å². The Morgan fingerprint density at radius 2 is 1.80 bits per heavy atom. The van der Waals surface area contributed by atoms with Gasteiger partial charge in [0, 0.05) is 31.8 Å². The molecule has 3 aromatic rings. The van der Waals surface area contributed by atoms with Crippen molar-refractivity contribution in [2.45, 2.75) is 116 Å². The van der Waals surface area contributed by atoms with Crippen molar-refractivity contribution in [3.8, 4) is 5.75 Å². The maximum absolute atomic E-state index is 14.0. The fraction of sp³-hybridized carbons (Fsp3) is 0.606. The van der Waals surface area contributed by atoms with Gasteiger partial charge in [-0.3, -0.25) is 9.59 Å². The summed E-state index contributed by atoms with van der Waals surface area (Å²) in [6.07, 6.45) is 13.5. The number of carbonyl (C=O) groups is 2. The van der Waals surface area contributed by atoms with E-state index in [1.54, 1.807) is 29.1 Å². The average Bonchev–Trinajstić information content (AvgIpc) is 3.66. The topological polar surface area (TPSA) is 213 Å². The van der Waals surface area contributed by atoms with Gasteiger partial charge >= 0.3 is 0 Å². The van der Waals surface area contributed by atoms with Crippen molar-refractivity contribution in [3.05, 3.63) is 52.9 Å². The molecule has 0 unspecified atom stereocenters. The molecule has 9 N–H and O–H groups in total. The van der Waals surface area contributed by atoms with Crippen LogP contribution in [0.3, 0.4) is 0 Å². The number of anilines is 1. The van der Waals surface area contributed by atoms with E-state index in [0.717, 1.165) is 48.8 Å². The van der Waals surface area contributed by atoms with Crippen molar-refractivity contribution < 1.29 is 19.2 Å². The van der Waals surface area contributed by atoms with Crippen LogP contribution in [0.1, 0.15) is 98.7 Å². The van der Waals surface area contributed by atoms with E-state index in [1.807, 2.05) is 13.8 Å².